The average Bonchev–Trinajstić information content (AvgIpc) is 3.42. The third-order valence-electron chi connectivity index (χ3n) is 13.8. The number of carbonyl (C=O) groups excluding carboxylic acids is 3. The lowest BCUT2D eigenvalue weighted by atomic mass is 10.1. The monoisotopic (exact) mass is 1060 g/mol. The normalized spacial score (nSPS) is 12.7. The molecule has 0 amide bonds. The molecule has 0 radical (unpaired) electrons. The number of hydrogen-bond donors (Lipinski definition) is 0. The largest absolute Gasteiger partial charge is 0.462 e. The van der Waals surface area contributed by atoms with E-state index in [0.29, 0.717) is 19.3 Å². The van der Waals surface area contributed by atoms with Gasteiger partial charge in [-0.2, -0.15) is 0 Å². The Bertz CT molecular complexity index is 1490. The first-order valence-corrected chi connectivity index (χ1v) is 32.2. The molecule has 1 atom stereocenters. The van der Waals surface area contributed by atoms with Crippen molar-refractivity contribution in [2.45, 2.75) is 316 Å². The van der Waals surface area contributed by atoms with Crippen LogP contribution in [0.3, 0.4) is 0 Å². The van der Waals surface area contributed by atoms with Crippen LogP contribution in [0.5, 0.6) is 0 Å². The van der Waals surface area contributed by atoms with E-state index >= 15 is 0 Å². The topological polar surface area (TPSA) is 78.9 Å². The van der Waals surface area contributed by atoms with Crippen LogP contribution >= 0.6 is 0 Å². The minimum atomic E-state index is -0.784. The molecule has 0 aliphatic carbocycles. The van der Waals surface area contributed by atoms with E-state index in [1.807, 2.05) is 0 Å². The Morgan fingerprint density at radius 3 is 0.803 bits per heavy atom. The molecule has 0 heterocycles. The predicted octanol–water partition coefficient (Wildman–Crippen LogP) is 22.0. The van der Waals surface area contributed by atoms with Crippen molar-refractivity contribution in [3.05, 3.63) is 97.2 Å². The summed E-state index contributed by atoms with van der Waals surface area (Å²) in [4.78, 5) is 38.2. The maximum atomic E-state index is 12.9. The van der Waals surface area contributed by atoms with Crippen LogP contribution in [-0.4, -0.2) is 37.2 Å². The van der Waals surface area contributed by atoms with E-state index in [0.717, 1.165) is 116 Å². The highest BCUT2D eigenvalue weighted by Crippen LogP contribution is 2.16. The van der Waals surface area contributed by atoms with E-state index in [2.05, 4.69) is 118 Å². The minimum absolute atomic E-state index is 0.0803. The molecule has 6 nitrogen and oxygen atoms in total. The first-order chi connectivity index (χ1) is 37.5. The Morgan fingerprint density at radius 2 is 0.513 bits per heavy atom. The van der Waals surface area contributed by atoms with Gasteiger partial charge in [0, 0.05) is 19.3 Å². The zero-order valence-electron chi connectivity index (χ0n) is 50.0. The third kappa shape index (κ3) is 61.2. The fourth-order valence-corrected chi connectivity index (χ4v) is 9.01. The second-order valence-corrected chi connectivity index (χ2v) is 21.3. The summed E-state index contributed by atoms with van der Waals surface area (Å²) in [5.41, 5.74) is 0. The Morgan fingerprint density at radius 1 is 0.276 bits per heavy atom. The zero-order chi connectivity index (χ0) is 55.0. The van der Waals surface area contributed by atoms with Gasteiger partial charge >= 0.3 is 17.9 Å². The van der Waals surface area contributed by atoms with Crippen LogP contribution in [0.2, 0.25) is 0 Å². The fraction of sp³-hybridized carbons (Fsp3) is 0.729. The summed E-state index contributed by atoms with van der Waals surface area (Å²) in [5.74, 6) is -0.886. The van der Waals surface area contributed by atoms with Crippen molar-refractivity contribution in [2.75, 3.05) is 13.2 Å². The molecule has 0 aliphatic heterocycles. The second kappa shape index (κ2) is 63.9. The van der Waals surface area contributed by atoms with Gasteiger partial charge in [0.2, 0.25) is 0 Å². The van der Waals surface area contributed by atoms with Gasteiger partial charge in [0.25, 0.3) is 0 Å². The Balaban J connectivity index is 4.29. The summed E-state index contributed by atoms with van der Waals surface area (Å²) >= 11 is 0. The van der Waals surface area contributed by atoms with Gasteiger partial charge < -0.3 is 14.2 Å². The van der Waals surface area contributed by atoms with Crippen LogP contribution in [0, 0.1) is 0 Å². The van der Waals surface area contributed by atoms with Crippen LogP contribution in [0.4, 0.5) is 0 Å². The van der Waals surface area contributed by atoms with Gasteiger partial charge in [0.05, 0.1) is 0 Å². The number of esters is 3. The second-order valence-electron chi connectivity index (χ2n) is 21.3. The molecule has 1 unspecified atom stereocenters. The lowest BCUT2D eigenvalue weighted by Gasteiger charge is -2.18. The molecule has 0 rings (SSSR count). The van der Waals surface area contributed by atoms with Crippen molar-refractivity contribution >= 4 is 17.9 Å². The molecule has 0 aliphatic rings. The fourth-order valence-electron chi connectivity index (χ4n) is 9.01. The number of allylic oxidation sites excluding steroid dienone is 16. The van der Waals surface area contributed by atoms with Crippen LogP contribution in [0.15, 0.2) is 97.2 Å². The van der Waals surface area contributed by atoms with Crippen LogP contribution < -0.4 is 0 Å². The molecule has 0 fully saturated rings. The molecule has 0 bridgehead atoms. The molecule has 436 valence electrons. The maximum absolute atomic E-state index is 12.9. The number of hydrogen-bond acceptors (Lipinski definition) is 6. The van der Waals surface area contributed by atoms with Crippen LogP contribution in [0.25, 0.3) is 0 Å². The minimum Gasteiger partial charge on any atom is -0.462 e. The number of ether oxygens (including phenoxy) is 3. The summed E-state index contributed by atoms with van der Waals surface area (Å²) in [5, 5.41) is 0. The van der Waals surface area contributed by atoms with Gasteiger partial charge in [-0.25, -0.2) is 0 Å². The Labute approximate surface area is 470 Å². The predicted molar refractivity (Wildman–Crippen MR) is 330 cm³/mol. The van der Waals surface area contributed by atoms with Crippen molar-refractivity contribution in [2.24, 2.45) is 0 Å². The van der Waals surface area contributed by atoms with Gasteiger partial charge in [0.15, 0.2) is 6.10 Å². The van der Waals surface area contributed by atoms with Crippen LogP contribution in [0.1, 0.15) is 310 Å². The maximum Gasteiger partial charge on any atom is 0.306 e. The van der Waals surface area contributed by atoms with Crippen molar-refractivity contribution in [3.8, 4) is 0 Å². The molecular weight excluding hydrogens is 937 g/mol. The molecular formula is C70H120O6. The van der Waals surface area contributed by atoms with Crippen molar-refractivity contribution in [3.63, 3.8) is 0 Å². The summed E-state index contributed by atoms with van der Waals surface area (Å²) in [6.45, 7) is 6.52. The van der Waals surface area contributed by atoms with E-state index in [9.17, 15) is 14.4 Å². The number of unbranched alkanes of at least 4 members (excludes halogenated alkanes) is 31. The summed E-state index contributed by atoms with van der Waals surface area (Å²) in [7, 11) is 0. The number of rotatable bonds is 58. The smallest absolute Gasteiger partial charge is 0.306 e. The van der Waals surface area contributed by atoms with E-state index in [4.69, 9.17) is 14.2 Å². The van der Waals surface area contributed by atoms with Crippen molar-refractivity contribution in [1.82, 2.24) is 0 Å². The van der Waals surface area contributed by atoms with Crippen LogP contribution in [-0.2, 0) is 28.6 Å². The van der Waals surface area contributed by atoms with E-state index in [-0.39, 0.29) is 31.1 Å². The summed E-state index contributed by atoms with van der Waals surface area (Å²) < 4.78 is 16.9. The highest BCUT2D eigenvalue weighted by Gasteiger charge is 2.19. The lowest BCUT2D eigenvalue weighted by molar-refractivity contribution is -0.167. The summed E-state index contributed by atoms with van der Waals surface area (Å²) in [6.07, 6.45) is 85.6. The molecule has 0 aromatic heterocycles. The van der Waals surface area contributed by atoms with E-state index in [1.54, 1.807) is 0 Å². The SMILES string of the molecule is CC/C=C\C/C=C\C/C=C\C/C=C\C/C=C\CCCCCCCCCCCC(=O)OCC(COC(=O)CCCCCCCCCCCC)OC(=O)CCCCCCCCCC/C=C\C/C=C\C/C=C\CCCCCCC. The lowest BCUT2D eigenvalue weighted by Crippen LogP contribution is -2.30. The molecule has 76 heavy (non-hydrogen) atoms. The van der Waals surface area contributed by atoms with Crippen molar-refractivity contribution in [1.29, 1.82) is 0 Å². The van der Waals surface area contributed by atoms with Crippen molar-refractivity contribution < 1.29 is 28.6 Å². The van der Waals surface area contributed by atoms with Gasteiger partial charge in [-0.15, -0.1) is 0 Å². The molecule has 0 saturated carbocycles. The molecule has 0 saturated heterocycles. The molecule has 0 aromatic rings. The molecule has 0 aromatic carbocycles. The van der Waals surface area contributed by atoms with Gasteiger partial charge in [0.1, 0.15) is 13.2 Å². The highest BCUT2D eigenvalue weighted by molar-refractivity contribution is 5.71. The number of carbonyl (C=O) groups is 3. The van der Waals surface area contributed by atoms with E-state index in [1.165, 1.54) is 154 Å². The Hall–Kier alpha value is -3.67. The molecule has 6 heteroatoms. The molecule has 0 spiro atoms. The average molecular weight is 1060 g/mol. The standard InChI is InChI=1S/C70H120O6/c1-4-7-10-13-16-19-22-24-26-28-30-32-34-35-37-38-40-42-44-46-48-51-54-57-60-63-69(72)75-66-67(65-74-68(71)62-59-56-53-50-21-18-15-12-9-6-3)76-70(73)64-61-58-55-52-49-47-45-43-41-39-36-33-31-29-27-25-23-20-17-14-11-8-5-2/h7,10,16,19,23-26,29-32,35-37,39,67H,4-6,8-9,11-15,17-18,20-22,27-28,33-34,38,40-66H2,1-3H3/b10-7-,19-16-,25-23-,26-24-,31-29-,32-30-,37-35-,39-36-. The van der Waals surface area contributed by atoms with Gasteiger partial charge in [-0.3, -0.25) is 14.4 Å². The Kier molecular flexibility index (Phi) is 60.8. The summed E-state index contributed by atoms with van der Waals surface area (Å²) in [6, 6.07) is 0. The highest BCUT2D eigenvalue weighted by atomic mass is 16.6. The van der Waals surface area contributed by atoms with Gasteiger partial charge in [-0.05, 0) is 103 Å². The van der Waals surface area contributed by atoms with E-state index < -0.39 is 6.10 Å². The third-order valence-corrected chi connectivity index (χ3v) is 13.8. The molecule has 0 N–H and O–H groups in total. The first-order valence-electron chi connectivity index (χ1n) is 32.2. The van der Waals surface area contributed by atoms with Gasteiger partial charge in [-0.1, -0.05) is 285 Å². The first kappa shape index (κ1) is 72.3. The zero-order valence-corrected chi connectivity index (χ0v) is 50.0. The quantitative estimate of drug-likeness (QED) is 0.0261.